The summed E-state index contributed by atoms with van der Waals surface area (Å²) in [4.78, 5) is 0. The van der Waals surface area contributed by atoms with Crippen LogP contribution in [0, 0.1) is 0 Å². The van der Waals surface area contributed by atoms with E-state index < -0.39 is 0 Å². The lowest BCUT2D eigenvalue weighted by Crippen LogP contribution is -2.11. The lowest BCUT2D eigenvalue weighted by atomic mass is 9.76. The Labute approximate surface area is 432 Å². The van der Waals surface area contributed by atoms with Gasteiger partial charge in [-0.2, -0.15) is 0 Å². The van der Waals surface area contributed by atoms with Gasteiger partial charge in [0.1, 0.15) is 0 Å². The predicted molar refractivity (Wildman–Crippen MR) is 324 cm³/mol. The first-order valence-corrected chi connectivity index (χ1v) is 27.8. The van der Waals surface area contributed by atoms with E-state index in [2.05, 4.69) is 200 Å². The standard InChI is InChI=1S/C45H36.12C2H6/c1-7-19-34(20-8-1)43(35-21-9-2-10-22-35)40-31-41(44(36-23-11-3-12-24-36)37-25-13-4-14-26-37)33-42(32-40)45(38-27-15-5-16-28-38)39-29-17-6-18-30-39;12*1-2/h1-33,43-45H;12*1-2H3. The lowest BCUT2D eigenvalue weighted by molar-refractivity contribution is 0.906. The highest BCUT2D eigenvalue weighted by Crippen LogP contribution is 2.41. The molecule has 0 radical (unpaired) electrons. The molecule has 0 unspecified atom stereocenters. The molecule has 0 aliphatic heterocycles. The highest BCUT2D eigenvalue weighted by molar-refractivity contribution is 5.54. The number of hydrogen-bond acceptors (Lipinski definition) is 0. The molecule has 0 atom stereocenters. The van der Waals surface area contributed by atoms with Gasteiger partial charge in [0.25, 0.3) is 0 Å². The summed E-state index contributed by atoms with van der Waals surface area (Å²) in [6, 6.07) is 73.1. The Morgan fingerprint density at radius 3 is 0.348 bits per heavy atom. The van der Waals surface area contributed by atoms with Gasteiger partial charge in [0, 0.05) is 17.8 Å². The largest absolute Gasteiger partial charge is 0.0683 e. The molecule has 0 saturated carbocycles. The molecule has 0 amide bonds. The zero-order valence-corrected chi connectivity index (χ0v) is 49.3. The third-order valence-corrected chi connectivity index (χ3v) is 8.80. The molecule has 0 heterocycles. The molecule has 0 saturated heterocycles. The molecule has 7 aromatic carbocycles. The molecular weight excluding hydrogens is 829 g/mol. The van der Waals surface area contributed by atoms with Crippen molar-refractivity contribution in [2.75, 3.05) is 0 Å². The van der Waals surface area contributed by atoms with E-state index in [9.17, 15) is 0 Å². The van der Waals surface area contributed by atoms with E-state index in [4.69, 9.17) is 0 Å². The summed E-state index contributed by atoms with van der Waals surface area (Å²) in [5.41, 5.74) is 11.6. The fourth-order valence-electron chi connectivity index (χ4n) is 6.81. The van der Waals surface area contributed by atoms with Gasteiger partial charge in [-0.3, -0.25) is 0 Å². The van der Waals surface area contributed by atoms with Gasteiger partial charge < -0.3 is 0 Å². The van der Waals surface area contributed by atoms with Gasteiger partial charge in [-0.15, -0.1) is 0 Å². The normalized spacial score (nSPS) is 8.39. The zero-order valence-electron chi connectivity index (χ0n) is 49.3. The van der Waals surface area contributed by atoms with E-state index in [-0.39, 0.29) is 17.8 Å². The van der Waals surface area contributed by atoms with Gasteiger partial charge in [0.05, 0.1) is 0 Å². The Bertz CT molecular complexity index is 1550. The van der Waals surface area contributed by atoms with E-state index in [1.165, 1.54) is 50.1 Å². The SMILES string of the molecule is CC.CC.CC.CC.CC.CC.CC.CC.CC.CC.CC.CC.c1ccc(C(c2ccccc2)c2cc(C(c3ccccc3)c3ccccc3)cc(C(c3ccccc3)c3ccccc3)c2)cc1. The Morgan fingerprint density at radius 2 is 0.246 bits per heavy atom. The summed E-state index contributed by atoms with van der Waals surface area (Å²) in [6.45, 7) is 48.0. The van der Waals surface area contributed by atoms with Crippen molar-refractivity contribution in [2.45, 2.75) is 184 Å². The predicted octanol–water partition coefficient (Wildman–Crippen LogP) is 23.5. The third kappa shape index (κ3) is 28.0. The van der Waals surface area contributed by atoms with E-state index in [0.29, 0.717) is 0 Å². The van der Waals surface area contributed by atoms with Crippen molar-refractivity contribution in [3.8, 4) is 0 Å². The zero-order chi connectivity index (χ0) is 54.3. The first-order chi connectivity index (χ1) is 34.3. The second kappa shape index (κ2) is 58.7. The maximum absolute atomic E-state index is 2.46. The minimum Gasteiger partial charge on any atom is -0.0683 e. The monoisotopic (exact) mass is 937 g/mol. The van der Waals surface area contributed by atoms with Crippen LogP contribution in [0.15, 0.2) is 200 Å². The summed E-state index contributed by atoms with van der Waals surface area (Å²) >= 11 is 0. The van der Waals surface area contributed by atoms with Crippen molar-refractivity contribution in [3.05, 3.63) is 250 Å². The highest BCUT2D eigenvalue weighted by atomic mass is 14.3. The van der Waals surface area contributed by atoms with Crippen LogP contribution in [-0.2, 0) is 0 Å². The topological polar surface area (TPSA) is 0 Å². The van der Waals surface area contributed by atoms with Gasteiger partial charge in [0.2, 0.25) is 0 Å². The van der Waals surface area contributed by atoms with Crippen molar-refractivity contribution in [2.24, 2.45) is 0 Å². The number of benzene rings is 7. The van der Waals surface area contributed by atoms with Crippen LogP contribution in [0.2, 0.25) is 0 Å². The molecule has 0 aromatic heterocycles. The van der Waals surface area contributed by atoms with Gasteiger partial charge >= 0.3 is 0 Å². The summed E-state index contributed by atoms with van der Waals surface area (Å²) in [5.74, 6) is 0.265. The van der Waals surface area contributed by atoms with Crippen LogP contribution in [-0.4, -0.2) is 0 Å². The smallest absolute Gasteiger partial charge is 0.0340 e. The van der Waals surface area contributed by atoms with Crippen LogP contribution in [0.1, 0.15) is 234 Å². The van der Waals surface area contributed by atoms with Crippen molar-refractivity contribution in [1.29, 1.82) is 0 Å². The molecule has 69 heavy (non-hydrogen) atoms. The summed E-state index contributed by atoms with van der Waals surface area (Å²) in [7, 11) is 0. The average molecular weight is 938 g/mol. The van der Waals surface area contributed by atoms with Crippen LogP contribution in [0.3, 0.4) is 0 Å². The molecule has 0 fully saturated rings. The summed E-state index contributed by atoms with van der Waals surface area (Å²) in [6.07, 6.45) is 0. The average Bonchev–Trinajstić information content (AvgIpc) is 3.49. The molecule has 0 nitrogen and oxygen atoms in total. The van der Waals surface area contributed by atoms with Gasteiger partial charge in [-0.05, 0) is 50.1 Å². The number of rotatable bonds is 9. The van der Waals surface area contributed by atoms with Crippen LogP contribution >= 0.6 is 0 Å². The first kappa shape index (κ1) is 75.1. The molecule has 0 aliphatic carbocycles. The van der Waals surface area contributed by atoms with Crippen molar-refractivity contribution in [3.63, 3.8) is 0 Å². The highest BCUT2D eigenvalue weighted by Gasteiger charge is 2.25. The third-order valence-electron chi connectivity index (χ3n) is 8.80. The number of hydrogen-bond donors (Lipinski definition) is 0. The fraction of sp³-hybridized carbons (Fsp3) is 0.391. The molecule has 0 aliphatic rings. The second-order valence-electron chi connectivity index (χ2n) is 11.7. The van der Waals surface area contributed by atoms with E-state index >= 15 is 0 Å². The van der Waals surface area contributed by atoms with Crippen molar-refractivity contribution >= 4 is 0 Å². The maximum Gasteiger partial charge on any atom is 0.0340 e. The lowest BCUT2D eigenvalue weighted by Gasteiger charge is -2.27. The molecule has 0 heteroatoms. The Kier molecular flexibility index (Phi) is 63.8. The van der Waals surface area contributed by atoms with Gasteiger partial charge in [-0.25, -0.2) is 0 Å². The van der Waals surface area contributed by atoms with E-state index in [1.54, 1.807) is 0 Å². The van der Waals surface area contributed by atoms with Gasteiger partial charge in [0.15, 0.2) is 0 Å². The molecule has 7 aromatic rings. The maximum atomic E-state index is 2.46. The molecule has 0 N–H and O–H groups in total. The minimum atomic E-state index is 0.0884. The Morgan fingerprint density at radius 1 is 0.145 bits per heavy atom. The Hall–Kier alpha value is -5.46. The fourth-order valence-corrected chi connectivity index (χ4v) is 6.81. The molecule has 7 rings (SSSR count). The molecule has 384 valence electrons. The van der Waals surface area contributed by atoms with Crippen LogP contribution in [0.4, 0.5) is 0 Å². The van der Waals surface area contributed by atoms with Gasteiger partial charge in [-0.1, -0.05) is 366 Å². The molecule has 0 bridgehead atoms. The summed E-state index contributed by atoms with van der Waals surface area (Å²) in [5, 5.41) is 0. The van der Waals surface area contributed by atoms with E-state index in [1.807, 2.05) is 166 Å². The second-order valence-corrected chi connectivity index (χ2v) is 11.7. The molecular formula is C69H108. The van der Waals surface area contributed by atoms with Crippen molar-refractivity contribution < 1.29 is 0 Å². The first-order valence-electron chi connectivity index (χ1n) is 27.8. The quantitative estimate of drug-likeness (QED) is 0.127. The van der Waals surface area contributed by atoms with E-state index in [0.717, 1.165) is 0 Å². The van der Waals surface area contributed by atoms with Crippen LogP contribution < -0.4 is 0 Å². The van der Waals surface area contributed by atoms with Crippen LogP contribution in [0.5, 0.6) is 0 Å². The Balaban J connectivity index is -0.000000363. The summed E-state index contributed by atoms with van der Waals surface area (Å²) < 4.78 is 0. The van der Waals surface area contributed by atoms with Crippen molar-refractivity contribution in [1.82, 2.24) is 0 Å². The minimum absolute atomic E-state index is 0.0884. The molecule has 0 spiro atoms. The van der Waals surface area contributed by atoms with Crippen LogP contribution in [0.25, 0.3) is 0 Å².